The maximum Gasteiger partial charge on any atom is 0.273 e. The number of phenols is 1. The van der Waals surface area contributed by atoms with Crippen LogP contribution in [0.3, 0.4) is 0 Å². The molecule has 3 rings (SSSR count). The summed E-state index contributed by atoms with van der Waals surface area (Å²) in [6.07, 6.45) is 2.57. The zero-order valence-electron chi connectivity index (χ0n) is 17.2. The molecule has 9 heteroatoms. The second kappa shape index (κ2) is 9.25. The molecule has 0 radical (unpaired) electrons. The molecule has 9 nitrogen and oxygen atoms in total. The van der Waals surface area contributed by atoms with Crippen molar-refractivity contribution in [1.82, 2.24) is 25.8 Å². The van der Waals surface area contributed by atoms with Crippen molar-refractivity contribution in [2.75, 3.05) is 6.61 Å². The summed E-state index contributed by atoms with van der Waals surface area (Å²) in [6, 6.07) is 8.45. The first-order valence-electron chi connectivity index (χ1n) is 9.86. The number of nitrogens with zero attached hydrogens (tertiary/aromatic N) is 3. The third-order valence-electron chi connectivity index (χ3n) is 4.50. The predicted octanol–water partition coefficient (Wildman–Crippen LogP) is 2.65. The molecule has 1 heterocycles. The van der Waals surface area contributed by atoms with Crippen LogP contribution >= 0.6 is 0 Å². The highest BCUT2D eigenvalue weighted by molar-refractivity contribution is 6.00. The molecule has 158 valence electrons. The summed E-state index contributed by atoms with van der Waals surface area (Å²) in [5.74, 6) is -0.521. The topological polar surface area (TPSA) is 118 Å². The van der Waals surface area contributed by atoms with E-state index < -0.39 is 11.8 Å². The van der Waals surface area contributed by atoms with Crippen molar-refractivity contribution in [3.8, 4) is 17.2 Å². The lowest BCUT2D eigenvalue weighted by atomic mass is 10.1. The lowest BCUT2D eigenvalue weighted by molar-refractivity contribution is -0.119. The van der Waals surface area contributed by atoms with Crippen LogP contribution in [0.15, 0.2) is 30.3 Å². The van der Waals surface area contributed by atoms with Crippen LogP contribution in [0.2, 0.25) is 0 Å². The van der Waals surface area contributed by atoms with E-state index in [-0.39, 0.29) is 11.3 Å². The fraction of sp³-hybridized carbons (Fsp3) is 0.333. The van der Waals surface area contributed by atoms with Gasteiger partial charge in [-0.05, 0) is 36.6 Å². The van der Waals surface area contributed by atoms with Crippen LogP contribution in [0.5, 0.6) is 11.5 Å². The number of hydrogen-bond acceptors (Lipinski definition) is 6. The minimum Gasteiger partial charge on any atom is -0.506 e. The number of hydrogen-bond donors (Lipinski definition) is 3. The SMILES string of the molecule is CCCCOc1cc2nn(-c3cc(CC)ccc3O)nc2cc1C(=O)NNC(C)=O. The number of carbonyl (C=O) groups is 2. The number of phenolic OH excluding ortho intramolecular Hbond substituents is 1. The molecular weight excluding hydrogens is 386 g/mol. The molecule has 0 aliphatic heterocycles. The third-order valence-corrected chi connectivity index (χ3v) is 4.50. The molecule has 1 aromatic heterocycles. The van der Waals surface area contributed by atoms with Gasteiger partial charge in [0.2, 0.25) is 5.91 Å². The van der Waals surface area contributed by atoms with Gasteiger partial charge >= 0.3 is 0 Å². The number of rotatable bonds is 7. The quantitative estimate of drug-likeness (QED) is 0.406. The van der Waals surface area contributed by atoms with Gasteiger partial charge < -0.3 is 9.84 Å². The summed E-state index contributed by atoms with van der Waals surface area (Å²) in [6.45, 7) is 5.79. The monoisotopic (exact) mass is 411 g/mol. The molecule has 0 bridgehead atoms. The summed E-state index contributed by atoms with van der Waals surface area (Å²) in [7, 11) is 0. The Kier molecular flexibility index (Phi) is 6.51. The average Bonchev–Trinajstić information content (AvgIpc) is 3.14. The number of aryl methyl sites for hydroxylation is 1. The first-order chi connectivity index (χ1) is 14.4. The Hall–Kier alpha value is -3.62. The van der Waals surface area contributed by atoms with E-state index in [0.29, 0.717) is 29.1 Å². The number of aromatic nitrogens is 3. The molecule has 2 amide bonds. The van der Waals surface area contributed by atoms with Crippen molar-refractivity contribution in [1.29, 1.82) is 0 Å². The lowest BCUT2D eigenvalue weighted by Gasteiger charge is -2.11. The minimum absolute atomic E-state index is 0.0514. The van der Waals surface area contributed by atoms with Crippen molar-refractivity contribution in [3.63, 3.8) is 0 Å². The number of ether oxygens (including phenoxy) is 1. The Morgan fingerprint density at radius 1 is 1.10 bits per heavy atom. The van der Waals surface area contributed by atoms with Crippen molar-refractivity contribution < 1.29 is 19.4 Å². The van der Waals surface area contributed by atoms with Gasteiger partial charge in [-0.25, -0.2) is 0 Å². The van der Waals surface area contributed by atoms with Crippen LogP contribution in [0, 0.1) is 0 Å². The second-order valence-electron chi connectivity index (χ2n) is 6.84. The molecule has 0 saturated heterocycles. The fourth-order valence-corrected chi connectivity index (χ4v) is 2.84. The van der Waals surface area contributed by atoms with Crippen molar-refractivity contribution in [3.05, 3.63) is 41.5 Å². The Morgan fingerprint density at radius 3 is 2.50 bits per heavy atom. The van der Waals surface area contributed by atoms with Gasteiger partial charge in [0.15, 0.2) is 0 Å². The number of aromatic hydroxyl groups is 1. The maximum absolute atomic E-state index is 12.6. The van der Waals surface area contributed by atoms with E-state index >= 15 is 0 Å². The largest absolute Gasteiger partial charge is 0.506 e. The number of benzene rings is 2. The highest BCUT2D eigenvalue weighted by atomic mass is 16.5. The summed E-state index contributed by atoms with van der Waals surface area (Å²) in [5.41, 5.74) is 7.28. The van der Waals surface area contributed by atoms with E-state index in [1.807, 2.05) is 26.0 Å². The van der Waals surface area contributed by atoms with Crippen molar-refractivity contribution >= 4 is 22.8 Å². The van der Waals surface area contributed by atoms with Gasteiger partial charge in [0.05, 0.1) is 12.2 Å². The van der Waals surface area contributed by atoms with Crippen molar-refractivity contribution in [2.45, 2.75) is 40.0 Å². The summed E-state index contributed by atoms with van der Waals surface area (Å²) in [4.78, 5) is 25.0. The first-order valence-corrected chi connectivity index (χ1v) is 9.86. The molecular formula is C21H25N5O4. The standard InChI is InChI=1S/C21H25N5O4/c1-4-6-9-30-20-12-17-16(11-15(20)21(29)23-22-13(3)27)24-26(25-17)18-10-14(5-2)7-8-19(18)28/h7-8,10-12,28H,4-6,9H2,1-3H3,(H,22,27)(H,23,29). The maximum atomic E-state index is 12.6. The highest BCUT2D eigenvalue weighted by Gasteiger charge is 2.18. The van der Waals surface area contributed by atoms with E-state index in [0.717, 1.165) is 24.8 Å². The number of carbonyl (C=O) groups excluding carboxylic acids is 2. The van der Waals surface area contributed by atoms with Crippen LogP contribution in [0.1, 0.15) is 49.5 Å². The zero-order valence-corrected chi connectivity index (χ0v) is 17.2. The van der Waals surface area contributed by atoms with Gasteiger partial charge in [0.1, 0.15) is 28.2 Å². The van der Waals surface area contributed by atoms with Crippen LogP contribution in [-0.4, -0.2) is 38.5 Å². The molecule has 0 atom stereocenters. The number of fused-ring (bicyclic) bond motifs is 1. The Morgan fingerprint density at radius 2 is 1.83 bits per heavy atom. The molecule has 0 unspecified atom stereocenters. The third kappa shape index (κ3) is 4.68. The van der Waals surface area contributed by atoms with Gasteiger partial charge in [0, 0.05) is 13.0 Å². The molecule has 30 heavy (non-hydrogen) atoms. The van der Waals surface area contributed by atoms with E-state index in [2.05, 4.69) is 21.0 Å². The molecule has 0 aliphatic rings. The normalized spacial score (nSPS) is 10.8. The van der Waals surface area contributed by atoms with Gasteiger partial charge in [-0.15, -0.1) is 15.0 Å². The summed E-state index contributed by atoms with van der Waals surface area (Å²) in [5, 5.41) is 19.1. The van der Waals surface area contributed by atoms with Crippen LogP contribution in [0.25, 0.3) is 16.7 Å². The van der Waals surface area contributed by atoms with Crippen LogP contribution in [-0.2, 0) is 11.2 Å². The molecule has 0 aliphatic carbocycles. The summed E-state index contributed by atoms with van der Waals surface area (Å²) < 4.78 is 5.79. The van der Waals surface area contributed by atoms with E-state index in [1.165, 1.54) is 11.7 Å². The zero-order chi connectivity index (χ0) is 21.7. The first kappa shape index (κ1) is 21.1. The van der Waals surface area contributed by atoms with Gasteiger partial charge in [-0.2, -0.15) is 0 Å². The highest BCUT2D eigenvalue weighted by Crippen LogP contribution is 2.27. The van der Waals surface area contributed by atoms with E-state index in [9.17, 15) is 14.7 Å². The molecule has 3 aromatic rings. The molecule has 2 aromatic carbocycles. The number of unbranched alkanes of at least 4 members (excludes halogenated alkanes) is 1. The number of hydrazine groups is 1. The smallest absolute Gasteiger partial charge is 0.273 e. The van der Waals surface area contributed by atoms with Gasteiger partial charge in [-0.3, -0.25) is 20.4 Å². The Labute approximate surface area is 174 Å². The Balaban J connectivity index is 2.03. The number of amides is 2. The van der Waals surface area contributed by atoms with Crippen LogP contribution < -0.4 is 15.6 Å². The molecule has 0 saturated carbocycles. The molecule has 3 N–H and O–H groups in total. The molecule has 0 spiro atoms. The van der Waals surface area contributed by atoms with Crippen LogP contribution in [0.4, 0.5) is 0 Å². The average molecular weight is 411 g/mol. The predicted molar refractivity (Wildman–Crippen MR) is 112 cm³/mol. The minimum atomic E-state index is -0.524. The van der Waals surface area contributed by atoms with Gasteiger partial charge in [0.25, 0.3) is 5.91 Å². The number of nitrogens with one attached hydrogen (secondary N) is 2. The fourth-order valence-electron chi connectivity index (χ4n) is 2.84. The second-order valence-corrected chi connectivity index (χ2v) is 6.84. The molecule has 0 fully saturated rings. The van der Waals surface area contributed by atoms with E-state index in [1.54, 1.807) is 18.2 Å². The lowest BCUT2D eigenvalue weighted by Crippen LogP contribution is -2.40. The van der Waals surface area contributed by atoms with Crippen molar-refractivity contribution in [2.24, 2.45) is 0 Å². The Bertz CT molecular complexity index is 1080. The van der Waals surface area contributed by atoms with Gasteiger partial charge in [-0.1, -0.05) is 26.3 Å². The summed E-state index contributed by atoms with van der Waals surface area (Å²) >= 11 is 0. The van der Waals surface area contributed by atoms with E-state index in [4.69, 9.17) is 4.74 Å².